The van der Waals surface area contributed by atoms with E-state index < -0.39 is 83.0 Å². The van der Waals surface area contributed by atoms with E-state index in [1.807, 2.05) is 51.1 Å². The Hall–Kier alpha value is -5.35. The molecular formula is C54H86F3N5O14. The summed E-state index contributed by atoms with van der Waals surface area (Å²) in [6.45, 7) is 20.3. The fraction of sp³-hybridized carbons (Fsp3) is 0.741. The molecule has 0 aliphatic carbocycles. The zero-order valence-electron chi connectivity index (χ0n) is 47.0. The zero-order valence-corrected chi connectivity index (χ0v) is 47.0. The zero-order chi connectivity index (χ0) is 58.1. The van der Waals surface area contributed by atoms with Crippen LogP contribution in [0.2, 0.25) is 0 Å². The van der Waals surface area contributed by atoms with Gasteiger partial charge in [-0.3, -0.25) is 24.1 Å². The predicted octanol–water partition coefficient (Wildman–Crippen LogP) is 6.67. The van der Waals surface area contributed by atoms with Crippen LogP contribution in [0.25, 0.3) is 0 Å². The van der Waals surface area contributed by atoms with Crippen LogP contribution in [-0.2, 0) is 58.9 Å². The van der Waals surface area contributed by atoms with Gasteiger partial charge in [0.05, 0.1) is 49.3 Å². The second-order valence-corrected chi connectivity index (χ2v) is 21.8. The number of nitrogens with zero attached hydrogens (tertiary/aromatic N) is 3. The highest BCUT2D eigenvalue weighted by molar-refractivity contribution is 5.93. The number of Topliss-reactive ketones (excluding diaryl/α,β-unsaturated/α-hetero) is 1. The van der Waals surface area contributed by atoms with Crippen molar-refractivity contribution in [2.24, 2.45) is 23.7 Å². The number of nitrogens with one attached hydrogen (secondary N) is 2. The number of hydrogen-bond acceptors (Lipinski definition) is 13. The number of ether oxygens (including phenoxy) is 4. The van der Waals surface area contributed by atoms with E-state index in [0.29, 0.717) is 32.4 Å². The van der Waals surface area contributed by atoms with E-state index >= 15 is 0 Å². The van der Waals surface area contributed by atoms with E-state index in [9.17, 15) is 46.7 Å². The van der Waals surface area contributed by atoms with Gasteiger partial charge in [-0.15, -0.1) is 0 Å². The molecule has 4 amide bonds. The molecule has 4 N–H and O–H groups in total. The molecule has 4 rings (SSSR count). The number of alkyl halides is 3. The summed E-state index contributed by atoms with van der Waals surface area (Å²) < 4.78 is 53.9. The van der Waals surface area contributed by atoms with Gasteiger partial charge in [0.1, 0.15) is 17.2 Å². The molecule has 0 radical (unpaired) electrons. The third-order valence-corrected chi connectivity index (χ3v) is 14.8. The van der Waals surface area contributed by atoms with Gasteiger partial charge in [0.2, 0.25) is 17.7 Å². The average molecular weight is 1090 g/mol. The van der Waals surface area contributed by atoms with Crippen molar-refractivity contribution < 1.29 is 80.7 Å². The number of carbonyl (C=O) groups excluding carboxylic acids is 6. The molecule has 3 aliphatic rings. The van der Waals surface area contributed by atoms with Gasteiger partial charge in [-0.1, -0.05) is 71.4 Å². The first-order chi connectivity index (χ1) is 35.2. The summed E-state index contributed by atoms with van der Waals surface area (Å²) in [5.74, 6) is -6.10. The number of carboxylic acid groups (broad SMARTS) is 2. The van der Waals surface area contributed by atoms with E-state index in [4.69, 9.17) is 34.0 Å². The molecule has 1 aromatic carbocycles. The van der Waals surface area contributed by atoms with Crippen LogP contribution in [0.3, 0.4) is 0 Å². The summed E-state index contributed by atoms with van der Waals surface area (Å²) in [6, 6.07) is 7.73. The molecule has 0 saturated carbocycles. The van der Waals surface area contributed by atoms with Crippen LogP contribution < -0.4 is 10.6 Å². The molecule has 19 nitrogen and oxygen atoms in total. The lowest BCUT2D eigenvalue weighted by Gasteiger charge is -2.41. The van der Waals surface area contributed by atoms with Crippen LogP contribution in [-0.4, -0.2) is 174 Å². The topological polar surface area (TPSA) is 248 Å². The third-order valence-electron chi connectivity index (χ3n) is 14.8. The number of likely N-dealkylation sites (tertiary alicyclic amines) is 2. The maximum absolute atomic E-state index is 14.2. The number of carboxylic acids is 2. The smallest absolute Gasteiger partial charge is 0.480 e. The van der Waals surface area contributed by atoms with E-state index in [-0.39, 0.29) is 60.6 Å². The fourth-order valence-corrected chi connectivity index (χ4v) is 10.0. The number of aliphatic carboxylic acids is 2. The molecule has 0 aromatic heterocycles. The number of likely N-dealkylation sites (N-methyl/N-ethyl adjacent to an activating group) is 1. The first-order valence-electron chi connectivity index (χ1n) is 26.1. The van der Waals surface area contributed by atoms with Gasteiger partial charge in [-0.25, -0.2) is 19.2 Å². The minimum Gasteiger partial charge on any atom is -0.480 e. The predicted molar refractivity (Wildman–Crippen MR) is 276 cm³/mol. The van der Waals surface area contributed by atoms with Crippen LogP contribution in [0.15, 0.2) is 30.3 Å². The van der Waals surface area contributed by atoms with Crippen molar-refractivity contribution in [1.82, 2.24) is 25.3 Å². The highest BCUT2D eigenvalue weighted by Crippen LogP contribution is 2.33. The Kier molecular flexibility index (Phi) is 25.8. The quantitative estimate of drug-likeness (QED) is 0.0939. The van der Waals surface area contributed by atoms with Gasteiger partial charge in [0, 0.05) is 53.1 Å². The monoisotopic (exact) mass is 1090 g/mol. The third kappa shape index (κ3) is 18.7. The first-order valence-corrected chi connectivity index (χ1v) is 26.1. The molecule has 3 fully saturated rings. The van der Waals surface area contributed by atoms with Crippen molar-refractivity contribution in [3.05, 3.63) is 35.9 Å². The minimum atomic E-state index is -5.08. The van der Waals surface area contributed by atoms with Crippen LogP contribution in [0.1, 0.15) is 133 Å². The van der Waals surface area contributed by atoms with Crippen LogP contribution in [0, 0.1) is 23.7 Å². The Morgan fingerprint density at radius 3 is 1.96 bits per heavy atom. The highest BCUT2D eigenvalue weighted by Gasteiger charge is 2.48. The average Bonchev–Trinajstić information content (AvgIpc) is 4.13. The summed E-state index contributed by atoms with van der Waals surface area (Å²) >= 11 is 0. The molecule has 22 heteroatoms. The molecule has 10 atom stereocenters. The summed E-state index contributed by atoms with van der Waals surface area (Å²) in [4.78, 5) is 105. The lowest BCUT2D eigenvalue weighted by molar-refractivity contribution is -0.192. The molecular weight excluding hydrogens is 1000 g/mol. The Bertz CT molecular complexity index is 2100. The van der Waals surface area contributed by atoms with E-state index in [1.165, 1.54) is 19.1 Å². The number of amides is 4. The van der Waals surface area contributed by atoms with Crippen molar-refractivity contribution in [2.45, 2.75) is 187 Å². The van der Waals surface area contributed by atoms with Crippen molar-refractivity contribution in [2.75, 3.05) is 48.0 Å². The number of halogens is 3. The summed E-state index contributed by atoms with van der Waals surface area (Å²) in [7, 11) is 6.17. The van der Waals surface area contributed by atoms with Gasteiger partial charge < -0.3 is 49.6 Å². The summed E-state index contributed by atoms with van der Waals surface area (Å²) in [5, 5.41) is 22.5. The molecule has 3 heterocycles. The molecule has 432 valence electrons. The number of carbonyl (C=O) groups is 8. The fourth-order valence-electron chi connectivity index (χ4n) is 10.0. The molecule has 0 bridgehead atoms. The number of rotatable bonds is 21. The van der Waals surface area contributed by atoms with Gasteiger partial charge >= 0.3 is 30.2 Å². The Labute approximate surface area is 446 Å². The van der Waals surface area contributed by atoms with Gasteiger partial charge in [0.15, 0.2) is 5.78 Å². The Balaban J connectivity index is 0.000000705. The van der Waals surface area contributed by atoms with Crippen LogP contribution in [0.4, 0.5) is 18.0 Å². The van der Waals surface area contributed by atoms with Crippen LogP contribution in [0.5, 0.6) is 0 Å². The molecule has 76 heavy (non-hydrogen) atoms. The van der Waals surface area contributed by atoms with Gasteiger partial charge in [-0.05, 0) is 97.1 Å². The molecule has 3 aliphatic heterocycles. The van der Waals surface area contributed by atoms with E-state index in [1.54, 1.807) is 58.6 Å². The summed E-state index contributed by atoms with van der Waals surface area (Å²) in [6.07, 6.45) is -1.40. The largest absolute Gasteiger partial charge is 0.490 e. The maximum Gasteiger partial charge on any atom is 0.490 e. The highest BCUT2D eigenvalue weighted by atomic mass is 19.4. The Morgan fingerprint density at radius 1 is 0.882 bits per heavy atom. The van der Waals surface area contributed by atoms with Crippen molar-refractivity contribution in [1.29, 1.82) is 0 Å². The second-order valence-electron chi connectivity index (χ2n) is 21.8. The lowest BCUT2D eigenvalue weighted by atomic mass is 9.82. The van der Waals surface area contributed by atoms with Crippen LogP contribution >= 0.6 is 0 Å². The summed E-state index contributed by atoms with van der Waals surface area (Å²) in [5.41, 5.74) is -1.45. The number of ketones is 1. The van der Waals surface area contributed by atoms with Gasteiger partial charge in [0.25, 0.3) is 0 Å². The Morgan fingerprint density at radius 2 is 1.49 bits per heavy atom. The van der Waals surface area contributed by atoms with Gasteiger partial charge in [-0.2, -0.15) is 13.2 Å². The standard InChI is InChI=1S/C41H66N4O8.C11H19NO4.C2HF3O2/c1-11-27(4)36(44(7)39(49)30(26(2)3)24-34(46)41(6)20-16-21-42-41)33(51-8)25-35(47)45-22-15-19-32(45)37(52-9)28(5)38(48)43-31(40(50)53-10)23-29-17-13-12-14-18-29;1-10(2,3)16-9(15)12-7-5-6-11(12,4)8(13)14;3-2(4,5)1(6)7/h12-14,17-18,26-28,30-33,36-37,42H,11,15-16,19-25H2,1-10H3,(H,43,48);5-7H2,1-4H3,(H,13,14);(H,6,7)/t27-,28+,30-,31-,32-,33+,36-,37+,41+;11-;/m01./s1. The normalized spacial score (nSPS) is 22.3. The second kappa shape index (κ2) is 29.4. The minimum absolute atomic E-state index is 0.00249. The first kappa shape index (κ1) is 66.8. The van der Waals surface area contributed by atoms with Crippen molar-refractivity contribution in [3.8, 4) is 0 Å². The number of benzene rings is 1. The van der Waals surface area contributed by atoms with E-state index in [2.05, 4.69) is 24.5 Å². The molecule has 0 spiro atoms. The van der Waals surface area contributed by atoms with Crippen molar-refractivity contribution >= 4 is 47.5 Å². The molecule has 0 unspecified atom stereocenters. The maximum atomic E-state index is 14.2. The number of hydrogen-bond donors (Lipinski definition) is 4. The number of esters is 1. The molecule has 3 saturated heterocycles. The van der Waals surface area contributed by atoms with E-state index in [0.717, 1.165) is 37.8 Å². The molecule has 1 aromatic rings. The lowest BCUT2D eigenvalue weighted by Crippen LogP contribution is -2.55. The SMILES string of the molecule is CC(C)(C)OC(=O)N1CCC[C@]1(C)C(=O)O.CC[C@H](C)[C@@H]([C@@H](CC(=O)N1CCC[C@H]1[C@H](OC)[C@@H](C)C(=O)N[C@@H](Cc1ccccc1)C(=O)OC)OC)N(C)C(=O)[C@@H](CC(=O)[C@@]1(C)CCCN1)C(C)C.O=C(O)C(F)(F)F. The van der Waals surface area contributed by atoms with Crippen molar-refractivity contribution in [3.63, 3.8) is 0 Å². The number of methoxy groups -OCH3 is 3.